The lowest BCUT2D eigenvalue weighted by Gasteiger charge is -2.17. The Kier molecular flexibility index (Phi) is 5.49. The van der Waals surface area contributed by atoms with Gasteiger partial charge in [0.1, 0.15) is 0 Å². The molecule has 0 fully saturated rings. The number of hydrogen-bond donors (Lipinski definition) is 0. The van der Waals surface area contributed by atoms with Crippen molar-refractivity contribution in [2.24, 2.45) is 7.05 Å². The minimum Gasteiger partial charge on any atom is -0.378 e. The topological polar surface area (TPSA) is 42.1 Å². The molecule has 0 atom stereocenters. The van der Waals surface area contributed by atoms with Gasteiger partial charge >= 0.3 is 0 Å². The minimum absolute atomic E-state index is 0.632. The van der Waals surface area contributed by atoms with Crippen molar-refractivity contribution in [2.45, 2.75) is 13.2 Å². The highest BCUT2D eigenvalue weighted by atomic mass is 32.1. The van der Waals surface area contributed by atoms with Crippen LogP contribution in [0.1, 0.15) is 5.56 Å². The van der Waals surface area contributed by atoms with Gasteiger partial charge in [0, 0.05) is 51.3 Å². The van der Waals surface area contributed by atoms with Gasteiger partial charge in [0.15, 0.2) is 10.6 Å². The molecule has 3 rings (SSSR count). The van der Waals surface area contributed by atoms with E-state index >= 15 is 0 Å². The van der Waals surface area contributed by atoms with Crippen molar-refractivity contribution in [3.8, 4) is 11.4 Å². The first-order valence-electron chi connectivity index (χ1n) is 8.45. The molecule has 0 N–H and O–H groups in total. The average molecular weight is 369 g/mol. The number of aromatic nitrogens is 4. The summed E-state index contributed by atoms with van der Waals surface area (Å²) in [7, 11) is 8.11. The Morgan fingerprint density at radius 3 is 2.27 bits per heavy atom. The summed E-state index contributed by atoms with van der Waals surface area (Å²) in [5.74, 6) is 0.848. The summed E-state index contributed by atoms with van der Waals surface area (Å²) < 4.78 is 4.50. The SMILES string of the molecule is CN(Cc1ccc(N(C)C)cc1)Cn1nc(-c2ccncc2)n(C)c1=S. The summed E-state index contributed by atoms with van der Waals surface area (Å²) in [5, 5.41) is 4.70. The molecule has 26 heavy (non-hydrogen) atoms. The van der Waals surface area contributed by atoms with Crippen molar-refractivity contribution in [3.05, 3.63) is 59.1 Å². The number of anilines is 1. The highest BCUT2D eigenvalue weighted by Gasteiger charge is 2.11. The van der Waals surface area contributed by atoms with Crippen molar-refractivity contribution in [3.63, 3.8) is 0 Å². The molecule has 136 valence electrons. The van der Waals surface area contributed by atoms with Gasteiger partial charge in [0.2, 0.25) is 0 Å². The molecule has 0 radical (unpaired) electrons. The van der Waals surface area contributed by atoms with E-state index in [0.717, 1.165) is 17.9 Å². The maximum Gasteiger partial charge on any atom is 0.199 e. The van der Waals surface area contributed by atoms with Crippen LogP contribution in [-0.2, 0) is 20.3 Å². The monoisotopic (exact) mass is 368 g/mol. The fraction of sp³-hybridized carbons (Fsp3) is 0.316. The van der Waals surface area contributed by atoms with Crippen LogP contribution in [-0.4, -0.2) is 45.4 Å². The number of pyridine rings is 1. The zero-order valence-electron chi connectivity index (χ0n) is 15.6. The third kappa shape index (κ3) is 4.00. The predicted molar refractivity (Wildman–Crippen MR) is 107 cm³/mol. The van der Waals surface area contributed by atoms with Gasteiger partial charge in [0.25, 0.3) is 0 Å². The summed E-state index contributed by atoms with van der Waals surface area (Å²) in [6.07, 6.45) is 3.53. The van der Waals surface area contributed by atoms with E-state index in [1.165, 1.54) is 11.3 Å². The Morgan fingerprint density at radius 2 is 1.65 bits per heavy atom. The molecule has 2 heterocycles. The molecule has 1 aromatic carbocycles. The largest absolute Gasteiger partial charge is 0.378 e. The van der Waals surface area contributed by atoms with Crippen molar-refractivity contribution in [1.29, 1.82) is 0 Å². The number of nitrogens with zero attached hydrogens (tertiary/aromatic N) is 6. The van der Waals surface area contributed by atoms with E-state index in [1.54, 1.807) is 12.4 Å². The summed E-state index contributed by atoms with van der Waals surface area (Å²) in [5.41, 5.74) is 3.47. The highest BCUT2D eigenvalue weighted by molar-refractivity contribution is 7.71. The quantitative estimate of drug-likeness (QED) is 0.625. The highest BCUT2D eigenvalue weighted by Crippen LogP contribution is 2.17. The zero-order valence-corrected chi connectivity index (χ0v) is 16.4. The molecule has 0 aliphatic carbocycles. The van der Waals surface area contributed by atoms with E-state index in [1.807, 2.05) is 42.5 Å². The van der Waals surface area contributed by atoms with E-state index in [0.29, 0.717) is 11.4 Å². The smallest absolute Gasteiger partial charge is 0.199 e. The second kappa shape index (κ2) is 7.80. The van der Waals surface area contributed by atoms with Gasteiger partial charge in [-0.3, -0.25) is 9.88 Å². The first kappa shape index (κ1) is 18.3. The van der Waals surface area contributed by atoms with Crippen molar-refractivity contribution < 1.29 is 0 Å². The molecule has 0 saturated heterocycles. The number of rotatable bonds is 6. The van der Waals surface area contributed by atoms with E-state index in [-0.39, 0.29) is 0 Å². The summed E-state index contributed by atoms with van der Waals surface area (Å²) >= 11 is 5.56. The molecule has 3 aromatic rings. The maximum absolute atomic E-state index is 5.56. The molecular weight excluding hydrogens is 344 g/mol. The van der Waals surface area contributed by atoms with E-state index in [4.69, 9.17) is 17.3 Å². The number of benzene rings is 1. The van der Waals surface area contributed by atoms with Crippen LogP contribution in [0.4, 0.5) is 5.69 Å². The van der Waals surface area contributed by atoms with Crippen LogP contribution in [0.5, 0.6) is 0 Å². The molecule has 2 aromatic heterocycles. The Balaban J connectivity index is 1.73. The summed E-state index contributed by atoms with van der Waals surface area (Å²) in [4.78, 5) is 8.36. The predicted octanol–water partition coefficient (Wildman–Crippen LogP) is 3.17. The van der Waals surface area contributed by atoms with E-state index in [2.05, 4.69) is 46.1 Å². The lowest BCUT2D eigenvalue weighted by molar-refractivity contribution is 0.244. The Labute approximate surface area is 159 Å². The standard InChI is InChI=1S/C19H24N6S/c1-22(2)17-7-5-15(6-8-17)13-23(3)14-25-19(26)24(4)18(21-25)16-9-11-20-12-10-16/h5-12H,13-14H2,1-4H3. The van der Waals surface area contributed by atoms with Gasteiger partial charge in [-0.2, -0.15) is 5.10 Å². The third-order valence-electron chi connectivity index (χ3n) is 4.26. The Hall–Kier alpha value is -2.51. The molecule has 0 unspecified atom stereocenters. The van der Waals surface area contributed by atoms with Crippen LogP contribution in [0, 0.1) is 4.77 Å². The molecule has 7 heteroatoms. The van der Waals surface area contributed by atoms with Gasteiger partial charge in [-0.05, 0) is 49.1 Å². The van der Waals surface area contributed by atoms with Crippen LogP contribution in [0.25, 0.3) is 11.4 Å². The van der Waals surface area contributed by atoms with Gasteiger partial charge in [-0.1, -0.05) is 12.1 Å². The van der Waals surface area contributed by atoms with Crippen LogP contribution in [0.2, 0.25) is 0 Å². The molecule has 0 saturated carbocycles. The Bertz CT molecular complexity index is 911. The molecular formula is C19H24N6S. The molecule has 0 aliphatic rings. The first-order chi connectivity index (χ1) is 12.5. The fourth-order valence-electron chi connectivity index (χ4n) is 2.82. The molecule has 0 aliphatic heterocycles. The van der Waals surface area contributed by atoms with Gasteiger partial charge in [-0.25, -0.2) is 4.68 Å². The van der Waals surface area contributed by atoms with Crippen LogP contribution in [0.15, 0.2) is 48.8 Å². The maximum atomic E-state index is 5.56. The summed E-state index contributed by atoms with van der Waals surface area (Å²) in [6, 6.07) is 12.5. The normalized spacial score (nSPS) is 11.1. The zero-order chi connectivity index (χ0) is 18.7. The molecule has 0 bridgehead atoms. The van der Waals surface area contributed by atoms with Crippen LogP contribution in [0.3, 0.4) is 0 Å². The minimum atomic E-state index is 0.632. The number of hydrogen-bond acceptors (Lipinski definition) is 5. The van der Waals surface area contributed by atoms with Crippen molar-refractivity contribution >= 4 is 17.9 Å². The summed E-state index contributed by atoms with van der Waals surface area (Å²) in [6.45, 7) is 1.46. The van der Waals surface area contributed by atoms with Crippen molar-refractivity contribution in [2.75, 3.05) is 26.0 Å². The van der Waals surface area contributed by atoms with Crippen LogP contribution >= 0.6 is 12.2 Å². The molecule has 0 spiro atoms. The van der Waals surface area contributed by atoms with Gasteiger partial charge in [-0.15, -0.1) is 0 Å². The van der Waals surface area contributed by atoms with Gasteiger partial charge in [0.05, 0.1) is 6.67 Å². The third-order valence-corrected chi connectivity index (χ3v) is 4.74. The van der Waals surface area contributed by atoms with E-state index < -0.39 is 0 Å². The van der Waals surface area contributed by atoms with Gasteiger partial charge < -0.3 is 9.47 Å². The van der Waals surface area contributed by atoms with Crippen molar-refractivity contribution in [1.82, 2.24) is 24.2 Å². The lowest BCUT2D eigenvalue weighted by Crippen LogP contribution is -2.22. The second-order valence-corrected chi connectivity index (χ2v) is 6.98. The second-order valence-electron chi connectivity index (χ2n) is 6.62. The van der Waals surface area contributed by atoms with Crippen LogP contribution < -0.4 is 4.90 Å². The first-order valence-corrected chi connectivity index (χ1v) is 8.85. The molecule has 0 amide bonds. The Morgan fingerprint density at radius 1 is 1.00 bits per heavy atom. The van der Waals surface area contributed by atoms with E-state index in [9.17, 15) is 0 Å². The average Bonchev–Trinajstić information content (AvgIpc) is 2.91. The molecule has 6 nitrogen and oxygen atoms in total. The lowest BCUT2D eigenvalue weighted by atomic mass is 10.2. The fourth-order valence-corrected chi connectivity index (χ4v) is 3.01.